The summed E-state index contributed by atoms with van der Waals surface area (Å²) in [6.07, 6.45) is 4.37. The minimum Gasteiger partial charge on any atom is -0.299 e. The Labute approximate surface area is 155 Å². The van der Waals surface area contributed by atoms with Gasteiger partial charge < -0.3 is 0 Å². The number of benzene rings is 1. The van der Waals surface area contributed by atoms with Crippen LogP contribution >= 0.6 is 0 Å². The molecule has 4 rings (SSSR count). The molecule has 1 fully saturated rings. The number of rotatable bonds is 3. The average Bonchev–Trinajstić information content (AvgIpc) is 3.06. The largest absolute Gasteiger partial charge is 0.299 e. The Balaban J connectivity index is 1.38. The number of aromatic nitrogens is 3. The summed E-state index contributed by atoms with van der Waals surface area (Å²) < 4.78 is 2.14. The smallest absolute Gasteiger partial charge is 0.160 e. The molecule has 3 aromatic rings. The Morgan fingerprint density at radius 3 is 2.38 bits per heavy atom. The lowest BCUT2D eigenvalue weighted by molar-refractivity contribution is 0.201. The first-order chi connectivity index (χ1) is 12.5. The van der Waals surface area contributed by atoms with Crippen LogP contribution in [-0.2, 0) is 12.0 Å². The van der Waals surface area contributed by atoms with Gasteiger partial charge in [0.2, 0.25) is 0 Å². The summed E-state index contributed by atoms with van der Waals surface area (Å²) in [5.41, 5.74) is 3.98. The fourth-order valence-electron chi connectivity index (χ4n) is 3.86. The molecular weight excluding hydrogens is 320 g/mol. The summed E-state index contributed by atoms with van der Waals surface area (Å²) in [6.45, 7) is 10.1. The van der Waals surface area contributed by atoms with Gasteiger partial charge in [0.15, 0.2) is 5.65 Å². The molecule has 0 bridgehead atoms. The third-order valence-corrected chi connectivity index (χ3v) is 5.52. The average molecular weight is 348 g/mol. The minimum absolute atomic E-state index is 0.220. The monoisotopic (exact) mass is 348 g/mol. The SMILES string of the molecule is CC(C)(C)c1ccc(CN2CCC(c3nnc4ccccn34)CC2)cc1. The Bertz CT molecular complexity index is 865. The van der Waals surface area contributed by atoms with Gasteiger partial charge in [-0.05, 0) is 54.6 Å². The predicted octanol–water partition coefficient (Wildman–Crippen LogP) is 4.41. The summed E-state index contributed by atoms with van der Waals surface area (Å²) in [4.78, 5) is 2.56. The van der Waals surface area contributed by atoms with Crippen LogP contribution in [0.25, 0.3) is 5.65 Å². The molecular formula is C22H28N4. The molecule has 4 heteroatoms. The standard InChI is InChI=1S/C22H28N4/c1-22(2,3)19-9-7-17(8-10-19)16-25-14-11-18(12-15-25)21-24-23-20-6-4-5-13-26(20)21/h4-10,13,18H,11-12,14-16H2,1-3H3. The van der Waals surface area contributed by atoms with E-state index in [1.165, 1.54) is 11.1 Å². The molecule has 26 heavy (non-hydrogen) atoms. The maximum absolute atomic E-state index is 4.46. The Hall–Kier alpha value is -2.20. The maximum Gasteiger partial charge on any atom is 0.160 e. The van der Waals surface area contributed by atoms with Crippen molar-refractivity contribution < 1.29 is 0 Å². The third-order valence-electron chi connectivity index (χ3n) is 5.52. The summed E-state index contributed by atoms with van der Waals surface area (Å²) in [5.74, 6) is 1.63. The number of hydrogen-bond acceptors (Lipinski definition) is 3. The molecule has 0 N–H and O–H groups in total. The molecule has 4 nitrogen and oxygen atoms in total. The lowest BCUT2D eigenvalue weighted by Crippen LogP contribution is -2.33. The summed E-state index contributed by atoms with van der Waals surface area (Å²) >= 11 is 0. The minimum atomic E-state index is 0.220. The van der Waals surface area contributed by atoms with Crippen LogP contribution in [0.3, 0.4) is 0 Å². The highest BCUT2D eigenvalue weighted by Crippen LogP contribution is 2.28. The van der Waals surface area contributed by atoms with E-state index < -0.39 is 0 Å². The van der Waals surface area contributed by atoms with Crippen LogP contribution in [0.2, 0.25) is 0 Å². The van der Waals surface area contributed by atoms with E-state index in [2.05, 4.69) is 76.8 Å². The van der Waals surface area contributed by atoms with E-state index in [0.717, 1.165) is 43.9 Å². The van der Waals surface area contributed by atoms with Crippen molar-refractivity contribution in [2.24, 2.45) is 0 Å². The van der Waals surface area contributed by atoms with Crippen molar-refractivity contribution in [1.82, 2.24) is 19.5 Å². The van der Waals surface area contributed by atoms with Crippen LogP contribution in [0.4, 0.5) is 0 Å². The molecule has 1 saturated heterocycles. The van der Waals surface area contributed by atoms with Crippen LogP contribution in [0.15, 0.2) is 48.7 Å². The first-order valence-electron chi connectivity index (χ1n) is 9.62. The molecule has 0 aliphatic carbocycles. The summed E-state index contributed by atoms with van der Waals surface area (Å²) in [7, 11) is 0. The quantitative estimate of drug-likeness (QED) is 0.703. The Kier molecular flexibility index (Phi) is 4.53. The van der Waals surface area contributed by atoms with Crippen molar-refractivity contribution in [3.8, 4) is 0 Å². The molecule has 0 amide bonds. The normalized spacial score (nSPS) is 17.0. The van der Waals surface area contributed by atoms with E-state index in [0.29, 0.717) is 5.92 Å². The summed E-state index contributed by atoms with van der Waals surface area (Å²) in [5, 5.41) is 8.76. The molecule has 136 valence electrons. The number of pyridine rings is 1. The molecule has 2 aromatic heterocycles. The van der Waals surface area contributed by atoms with Gasteiger partial charge in [-0.25, -0.2) is 0 Å². The molecule has 0 unspecified atom stereocenters. The highest BCUT2D eigenvalue weighted by molar-refractivity contribution is 5.37. The van der Waals surface area contributed by atoms with Crippen LogP contribution in [0.1, 0.15) is 56.5 Å². The molecule has 0 radical (unpaired) electrons. The van der Waals surface area contributed by atoms with Gasteiger partial charge in [0, 0.05) is 18.7 Å². The summed E-state index contributed by atoms with van der Waals surface area (Å²) in [6, 6.07) is 15.2. The third kappa shape index (κ3) is 3.51. The molecule has 0 saturated carbocycles. The lowest BCUT2D eigenvalue weighted by atomic mass is 9.86. The highest BCUT2D eigenvalue weighted by Gasteiger charge is 2.24. The Morgan fingerprint density at radius 2 is 1.69 bits per heavy atom. The second kappa shape index (κ2) is 6.84. The lowest BCUT2D eigenvalue weighted by Gasteiger charge is -2.31. The molecule has 1 aromatic carbocycles. The number of hydrogen-bond donors (Lipinski definition) is 0. The van der Waals surface area contributed by atoms with Crippen LogP contribution in [0.5, 0.6) is 0 Å². The molecule has 0 atom stereocenters. The van der Waals surface area contributed by atoms with Gasteiger partial charge in [0.1, 0.15) is 5.82 Å². The van der Waals surface area contributed by atoms with Crippen molar-refractivity contribution in [2.75, 3.05) is 13.1 Å². The second-order valence-electron chi connectivity index (χ2n) is 8.48. The van der Waals surface area contributed by atoms with Crippen LogP contribution < -0.4 is 0 Å². The van der Waals surface area contributed by atoms with Gasteiger partial charge >= 0.3 is 0 Å². The molecule has 3 heterocycles. The Morgan fingerprint density at radius 1 is 0.962 bits per heavy atom. The van der Waals surface area contributed by atoms with Gasteiger partial charge in [0.25, 0.3) is 0 Å². The van der Waals surface area contributed by atoms with E-state index in [-0.39, 0.29) is 5.41 Å². The number of piperidine rings is 1. The van der Waals surface area contributed by atoms with E-state index in [9.17, 15) is 0 Å². The van der Waals surface area contributed by atoms with Crippen molar-refractivity contribution >= 4 is 5.65 Å². The molecule has 0 spiro atoms. The van der Waals surface area contributed by atoms with E-state index >= 15 is 0 Å². The zero-order valence-electron chi connectivity index (χ0n) is 16.0. The van der Waals surface area contributed by atoms with E-state index in [4.69, 9.17) is 0 Å². The van der Waals surface area contributed by atoms with Gasteiger partial charge in [-0.3, -0.25) is 9.30 Å². The van der Waals surface area contributed by atoms with Crippen molar-refractivity contribution in [3.63, 3.8) is 0 Å². The van der Waals surface area contributed by atoms with E-state index in [1.807, 2.05) is 12.1 Å². The van der Waals surface area contributed by atoms with Crippen molar-refractivity contribution in [2.45, 2.75) is 51.5 Å². The fourth-order valence-corrected chi connectivity index (χ4v) is 3.86. The maximum atomic E-state index is 4.46. The molecule has 1 aliphatic heterocycles. The van der Waals surface area contributed by atoms with Crippen LogP contribution in [0, 0.1) is 0 Å². The fraction of sp³-hybridized carbons (Fsp3) is 0.455. The number of nitrogens with zero attached hydrogens (tertiary/aromatic N) is 4. The van der Waals surface area contributed by atoms with Gasteiger partial charge in [-0.1, -0.05) is 51.1 Å². The zero-order chi connectivity index (χ0) is 18.1. The van der Waals surface area contributed by atoms with Gasteiger partial charge in [-0.15, -0.1) is 10.2 Å². The molecule has 1 aliphatic rings. The highest BCUT2D eigenvalue weighted by atomic mass is 15.2. The van der Waals surface area contributed by atoms with Gasteiger partial charge in [0.05, 0.1) is 0 Å². The number of likely N-dealkylation sites (tertiary alicyclic amines) is 1. The predicted molar refractivity (Wildman–Crippen MR) is 105 cm³/mol. The topological polar surface area (TPSA) is 33.4 Å². The second-order valence-corrected chi connectivity index (χ2v) is 8.48. The number of fused-ring (bicyclic) bond motifs is 1. The zero-order valence-corrected chi connectivity index (χ0v) is 16.0. The van der Waals surface area contributed by atoms with Crippen LogP contribution in [-0.4, -0.2) is 32.6 Å². The first kappa shape index (κ1) is 17.2. The first-order valence-corrected chi connectivity index (χ1v) is 9.62. The van der Waals surface area contributed by atoms with Crippen molar-refractivity contribution in [3.05, 3.63) is 65.6 Å². The van der Waals surface area contributed by atoms with Gasteiger partial charge in [-0.2, -0.15) is 0 Å². The van der Waals surface area contributed by atoms with E-state index in [1.54, 1.807) is 0 Å². The van der Waals surface area contributed by atoms with Crippen molar-refractivity contribution in [1.29, 1.82) is 0 Å².